The average Bonchev–Trinajstić information content (AvgIpc) is 2.50. The predicted molar refractivity (Wildman–Crippen MR) is 53.0 cm³/mol. The van der Waals surface area contributed by atoms with Gasteiger partial charge in [-0.3, -0.25) is 14.5 Å². The van der Waals surface area contributed by atoms with Crippen molar-refractivity contribution >= 4 is 17.8 Å². The summed E-state index contributed by atoms with van der Waals surface area (Å²) in [6.45, 7) is 2.40. The van der Waals surface area contributed by atoms with Gasteiger partial charge in [0.25, 0.3) is 5.91 Å². The van der Waals surface area contributed by atoms with E-state index in [1.54, 1.807) is 0 Å². The number of carbonyl (C=O) groups is 3. The number of hydrogen-bond acceptors (Lipinski definition) is 3. The zero-order valence-corrected chi connectivity index (χ0v) is 8.71. The van der Waals surface area contributed by atoms with Gasteiger partial charge in [0.1, 0.15) is 6.54 Å². The van der Waals surface area contributed by atoms with Crippen LogP contribution in [0, 0.1) is 0 Å². The number of amides is 4. The first-order chi connectivity index (χ1) is 7.15. The van der Waals surface area contributed by atoms with E-state index in [0.717, 1.165) is 17.7 Å². The molecule has 0 saturated carbocycles. The third kappa shape index (κ3) is 3.23. The third-order valence-corrected chi connectivity index (χ3v) is 2.09. The largest absolute Gasteiger partial charge is 0.355 e. The number of hydrogen-bond donors (Lipinski definition) is 2. The Labute approximate surface area is 88.0 Å². The van der Waals surface area contributed by atoms with Crippen LogP contribution in [-0.4, -0.2) is 42.4 Å². The highest BCUT2D eigenvalue weighted by molar-refractivity contribution is 6.04. The van der Waals surface area contributed by atoms with Crippen molar-refractivity contribution in [3.63, 3.8) is 0 Å². The summed E-state index contributed by atoms with van der Waals surface area (Å²) in [7, 11) is 0. The van der Waals surface area contributed by atoms with E-state index in [-0.39, 0.29) is 24.9 Å². The second kappa shape index (κ2) is 5.33. The molecule has 0 aliphatic carbocycles. The van der Waals surface area contributed by atoms with E-state index in [2.05, 4.69) is 10.6 Å². The van der Waals surface area contributed by atoms with Crippen molar-refractivity contribution in [1.29, 1.82) is 0 Å². The zero-order chi connectivity index (χ0) is 11.3. The van der Waals surface area contributed by atoms with Gasteiger partial charge in [-0.05, 0) is 6.42 Å². The van der Waals surface area contributed by atoms with Crippen molar-refractivity contribution in [1.82, 2.24) is 15.5 Å². The molecular weight excluding hydrogens is 198 g/mol. The molecule has 2 N–H and O–H groups in total. The van der Waals surface area contributed by atoms with Gasteiger partial charge in [-0.2, -0.15) is 0 Å². The number of carbonyl (C=O) groups excluding carboxylic acids is 3. The fraction of sp³-hybridized carbons (Fsp3) is 0.667. The molecule has 1 aliphatic heterocycles. The number of rotatable bonds is 5. The van der Waals surface area contributed by atoms with E-state index >= 15 is 0 Å². The van der Waals surface area contributed by atoms with Crippen LogP contribution >= 0.6 is 0 Å². The van der Waals surface area contributed by atoms with Crippen LogP contribution in [0.25, 0.3) is 0 Å². The fourth-order valence-corrected chi connectivity index (χ4v) is 1.22. The molecule has 1 rings (SSSR count). The molecule has 1 saturated heterocycles. The lowest BCUT2D eigenvalue weighted by Gasteiger charge is -2.11. The molecule has 1 fully saturated rings. The molecule has 6 heteroatoms. The Bertz CT molecular complexity index is 262. The Hall–Kier alpha value is -1.59. The van der Waals surface area contributed by atoms with Crippen molar-refractivity contribution in [3.8, 4) is 0 Å². The van der Waals surface area contributed by atoms with Crippen molar-refractivity contribution in [2.24, 2.45) is 0 Å². The Balaban J connectivity index is 2.31. The molecular formula is C9H15N3O3. The maximum atomic E-state index is 11.3. The summed E-state index contributed by atoms with van der Waals surface area (Å²) in [6, 6.07) is -0.495. The molecule has 0 spiro atoms. The maximum absolute atomic E-state index is 11.3. The van der Waals surface area contributed by atoms with E-state index in [1.807, 2.05) is 6.92 Å². The highest BCUT2D eigenvalue weighted by Gasteiger charge is 2.29. The number of nitrogens with zero attached hydrogens (tertiary/aromatic N) is 1. The van der Waals surface area contributed by atoms with Gasteiger partial charge >= 0.3 is 6.03 Å². The van der Waals surface area contributed by atoms with Crippen molar-refractivity contribution in [3.05, 3.63) is 0 Å². The summed E-state index contributed by atoms with van der Waals surface area (Å²) in [4.78, 5) is 34.4. The predicted octanol–water partition coefficient (Wildman–Crippen LogP) is -0.545. The molecule has 6 nitrogen and oxygen atoms in total. The van der Waals surface area contributed by atoms with Gasteiger partial charge in [0.2, 0.25) is 5.91 Å². The highest BCUT2D eigenvalue weighted by atomic mass is 16.2. The molecule has 84 valence electrons. The van der Waals surface area contributed by atoms with Crippen LogP contribution in [0.2, 0.25) is 0 Å². The quantitative estimate of drug-likeness (QED) is 0.475. The second-order valence-electron chi connectivity index (χ2n) is 3.34. The number of nitrogens with one attached hydrogen (secondary N) is 2. The molecule has 0 bridgehead atoms. The zero-order valence-electron chi connectivity index (χ0n) is 8.71. The van der Waals surface area contributed by atoms with Crippen molar-refractivity contribution < 1.29 is 14.4 Å². The average molecular weight is 213 g/mol. The van der Waals surface area contributed by atoms with E-state index < -0.39 is 6.03 Å². The molecule has 0 aromatic heterocycles. The summed E-state index contributed by atoms with van der Waals surface area (Å²) in [6.07, 6.45) is 1.88. The molecule has 4 amide bonds. The minimum atomic E-state index is -0.495. The molecule has 0 aromatic carbocycles. The number of imide groups is 1. The van der Waals surface area contributed by atoms with Crippen LogP contribution in [0.4, 0.5) is 4.79 Å². The van der Waals surface area contributed by atoms with E-state index in [9.17, 15) is 14.4 Å². The van der Waals surface area contributed by atoms with Gasteiger partial charge in [-0.15, -0.1) is 0 Å². The number of urea groups is 1. The first-order valence-corrected chi connectivity index (χ1v) is 5.00. The molecule has 0 radical (unpaired) electrons. The van der Waals surface area contributed by atoms with Gasteiger partial charge in [0.05, 0.1) is 6.54 Å². The standard InChI is InChI=1S/C9H15N3O3/c1-2-3-4-10-7(13)6-12-8(14)5-11-9(12)15/h2-6H2,1H3,(H,10,13)(H,11,15). The van der Waals surface area contributed by atoms with Crippen molar-refractivity contribution in [2.75, 3.05) is 19.6 Å². The normalized spacial score (nSPS) is 15.4. The second-order valence-corrected chi connectivity index (χ2v) is 3.34. The monoisotopic (exact) mass is 213 g/mol. The smallest absolute Gasteiger partial charge is 0.325 e. The number of unbranched alkanes of at least 4 members (excludes halogenated alkanes) is 1. The van der Waals surface area contributed by atoms with Crippen molar-refractivity contribution in [2.45, 2.75) is 19.8 Å². The van der Waals surface area contributed by atoms with Crippen LogP contribution in [0.5, 0.6) is 0 Å². The summed E-state index contributed by atoms with van der Waals surface area (Å²) >= 11 is 0. The Morgan fingerprint density at radius 1 is 1.53 bits per heavy atom. The SMILES string of the molecule is CCCCNC(=O)CN1C(=O)CNC1=O. The van der Waals surface area contributed by atoms with Crippen LogP contribution in [0.1, 0.15) is 19.8 Å². The summed E-state index contributed by atoms with van der Waals surface area (Å²) in [5.74, 6) is -0.653. The van der Waals surface area contributed by atoms with Gasteiger partial charge in [0, 0.05) is 6.54 Å². The molecule has 15 heavy (non-hydrogen) atoms. The van der Waals surface area contributed by atoms with Crippen LogP contribution < -0.4 is 10.6 Å². The first kappa shape index (κ1) is 11.5. The summed E-state index contributed by atoms with van der Waals surface area (Å²) in [5, 5.41) is 4.99. The van der Waals surface area contributed by atoms with Crippen LogP contribution in [-0.2, 0) is 9.59 Å². The van der Waals surface area contributed by atoms with E-state index in [0.29, 0.717) is 6.54 Å². The van der Waals surface area contributed by atoms with Gasteiger partial charge < -0.3 is 10.6 Å². The molecule has 0 unspecified atom stereocenters. The van der Waals surface area contributed by atoms with E-state index in [4.69, 9.17) is 0 Å². The van der Waals surface area contributed by atoms with Gasteiger partial charge in [0.15, 0.2) is 0 Å². The summed E-state index contributed by atoms with van der Waals surface area (Å²) in [5.41, 5.74) is 0. The molecule has 1 heterocycles. The molecule has 1 aliphatic rings. The molecule has 0 aromatic rings. The first-order valence-electron chi connectivity index (χ1n) is 5.00. The third-order valence-electron chi connectivity index (χ3n) is 2.09. The van der Waals surface area contributed by atoms with Gasteiger partial charge in [-0.25, -0.2) is 4.79 Å². The Kier molecular flexibility index (Phi) is 4.08. The van der Waals surface area contributed by atoms with Crippen LogP contribution in [0.15, 0.2) is 0 Å². The minimum absolute atomic E-state index is 0.0128. The molecule has 0 atom stereocenters. The maximum Gasteiger partial charge on any atom is 0.325 e. The highest BCUT2D eigenvalue weighted by Crippen LogP contribution is 1.97. The van der Waals surface area contributed by atoms with Crippen LogP contribution in [0.3, 0.4) is 0 Å². The lowest BCUT2D eigenvalue weighted by Crippen LogP contribution is -2.41. The Morgan fingerprint density at radius 2 is 2.27 bits per heavy atom. The van der Waals surface area contributed by atoms with Gasteiger partial charge in [-0.1, -0.05) is 13.3 Å². The Morgan fingerprint density at radius 3 is 2.80 bits per heavy atom. The lowest BCUT2D eigenvalue weighted by atomic mass is 10.3. The lowest BCUT2D eigenvalue weighted by molar-refractivity contribution is -0.130. The minimum Gasteiger partial charge on any atom is -0.355 e. The fourth-order valence-electron chi connectivity index (χ4n) is 1.22. The summed E-state index contributed by atoms with van der Waals surface area (Å²) < 4.78 is 0. The topological polar surface area (TPSA) is 78.5 Å². The van der Waals surface area contributed by atoms with E-state index in [1.165, 1.54) is 0 Å².